The first kappa shape index (κ1) is 18.1. The molecule has 1 N–H and O–H groups in total. The van der Waals surface area contributed by atoms with Crippen molar-refractivity contribution in [2.75, 3.05) is 11.9 Å². The van der Waals surface area contributed by atoms with Crippen molar-refractivity contribution in [2.45, 2.75) is 12.8 Å². The number of rotatable bonds is 7. The van der Waals surface area contributed by atoms with Crippen molar-refractivity contribution in [2.24, 2.45) is 0 Å². The number of hydrogen-bond acceptors (Lipinski definition) is 5. The fourth-order valence-corrected chi connectivity index (χ4v) is 2.78. The molecule has 0 bridgehead atoms. The van der Waals surface area contributed by atoms with Crippen LogP contribution in [-0.4, -0.2) is 24.3 Å². The average Bonchev–Trinajstić information content (AvgIpc) is 2.99. The highest BCUT2D eigenvalue weighted by Crippen LogP contribution is 2.23. The number of hydrogen-bond donors (Lipinski definition) is 1. The van der Waals surface area contributed by atoms with E-state index in [9.17, 15) is 18.8 Å². The number of benzene rings is 1. The molecule has 2 aromatic rings. The smallest absolute Gasteiger partial charge is 0.306 e. The fraction of sp³-hybridized carbons (Fsp3) is 0.188. The van der Waals surface area contributed by atoms with Gasteiger partial charge in [-0.3, -0.25) is 14.4 Å². The van der Waals surface area contributed by atoms with Crippen molar-refractivity contribution in [3.05, 3.63) is 51.4 Å². The molecule has 126 valence electrons. The average molecular weight is 370 g/mol. The second kappa shape index (κ2) is 8.56. The van der Waals surface area contributed by atoms with E-state index in [1.165, 1.54) is 18.2 Å². The molecular weight excluding hydrogens is 357 g/mol. The summed E-state index contributed by atoms with van der Waals surface area (Å²) in [6, 6.07) is 8.83. The Bertz CT molecular complexity index is 762. The van der Waals surface area contributed by atoms with Gasteiger partial charge in [-0.15, -0.1) is 11.3 Å². The molecule has 0 unspecified atom stereocenters. The molecule has 1 heterocycles. The van der Waals surface area contributed by atoms with Gasteiger partial charge in [-0.05, 0) is 24.3 Å². The second-order valence-electron chi connectivity index (χ2n) is 4.72. The number of ketones is 1. The third kappa shape index (κ3) is 5.43. The van der Waals surface area contributed by atoms with Crippen LogP contribution in [0.4, 0.5) is 10.1 Å². The van der Waals surface area contributed by atoms with Gasteiger partial charge in [0.2, 0.25) is 0 Å². The van der Waals surface area contributed by atoms with Crippen molar-refractivity contribution in [1.29, 1.82) is 0 Å². The first-order chi connectivity index (χ1) is 11.5. The maximum Gasteiger partial charge on any atom is 0.306 e. The van der Waals surface area contributed by atoms with E-state index in [4.69, 9.17) is 16.3 Å². The van der Waals surface area contributed by atoms with Crippen LogP contribution in [0.3, 0.4) is 0 Å². The van der Waals surface area contributed by atoms with Gasteiger partial charge in [-0.25, -0.2) is 4.39 Å². The number of anilines is 1. The lowest BCUT2D eigenvalue weighted by Gasteiger charge is -2.07. The van der Waals surface area contributed by atoms with Crippen molar-refractivity contribution in [3.8, 4) is 0 Å². The lowest BCUT2D eigenvalue weighted by Crippen LogP contribution is -2.21. The van der Waals surface area contributed by atoms with Gasteiger partial charge >= 0.3 is 5.97 Å². The van der Waals surface area contributed by atoms with E-state index in [0.29, 0.717) is 9.21 Å². The van der Waals surface area contributed by atoms with Crippen LogP contribution in [0.25, 0.3) is 0 Å². The van der Waals surface area contributed by atoms with Gasteiger partial charge in [0.1, 0.15) is 5.82 Å². The van der Waals surface area contributed by atoms with E-state index in [1.54, 1.807) is 18.2 Å². The third-order valence-corrected chi connectivity index (χ3v) is 4.19. The number of Topliss-reactive ketones (excluding diaryl/α,β-unsaturated/α-hetero) is 1. The molecule has 0 radical (unpaired) electrons. The Hall–Kier alpha value is -2.25. The Balaban J connectivity index is 1.72. The fourth-order valence-electron chi connectivity index (χ4n) is 1.77. The number of esters is 1. The molecule has 1 aromatic carbocycles. The molecule has 0 aliphatic carbocycles. The van der Waals surface area contributed by atoms with Crippen LogP contribution < -0.4 is 5.32 Å². The summed E-state index contributed by atoms with van der Waals surface area (Å²) < 4.78 is 18.6. The van der Waals surface area contributed by atoms with E-state index in [1.807, 2.05) is 0 Å². The summed E-state index contributed by atoms with van der Waals surface area (Å²) >= 11 is 6.87. The minimum atomic E-state index is -0.685. The lowest BCUT2D eigenvalue weighted by atomic mass is 10.2. The Labute approximate surface area is 146 Å². The number of thiophene rings is 1. The Morgan fingerprint density at radius 1 is 1.12 bits per heavy atom. The molecule has 0 atom stereocenters. The molecule has 1 amide bonds. The van der Waals surface area contributed by atoms with E-state index in [2.05, 4.69) is 5.32 Å². The number of amides is 1. The molecule has 8 heteroatoms. The summed E-state index contributed by atoms with van der Waals surface area (Å²) in [4.78, 5) is 35.4. The number of carbonyl (C=O) groups excluding carboxylic acids is 3. The van der Waals surface area contributed by atoms with E-state index in [0.717, 1.165) is 11.3 Å². The topological polar surface area (TPSA) is 72.5 Å². The van der Waals surface area contributed by atoms with E-state index < -0.39 is 24.3 Å². The monoisotopic (exact) mass is 369 g/mol. The van der Waals surface area contributed by atoms with Crippen LogP contribution in [0.2, 0.25) is 4.34 Å². The summed E-state index contributed by atoms with van der Waals surface area (Å²) in [5.74, 6) is -2.16. The molecule has 1 aromatic heterocycles. The largest absolute Gasteiger partial charge is 0.456 e. The number of carbonyl (C=O) groups is 3. The predicted molar refractivity (Wildman–Crippen MR) is 88.9 cm³/mol. The molecule has 2 rings (SSSR count). The molecule has 0 spiro atoms. The van der Waals surface area contributed by atoms with Gasteiger partial charge in [-0.1, -0.05) is 23.7 Å². The van der Waals surface area contributed by atoms with E-state index in [-0.39, 0.29) is 24.3 Å². The molecule has 0 saturated heterocycles. The van der Waals surface area contributed by atoms with Crippen molar-refractivity contribution < 1.29 is 23.5 Å². The zero-order valence-corrected chi connectivity index (χ0v) is 14.0. The van der Waals surface area contributed by atoms with Crippen LogP contribution in [0, 0.1) is 5.82 Å². The molecule has 0 fully saturated rings. The first-order valence-corrected chi connectivity index (χ1v) is 8.13. The van der Waals surface area contributed by atoms with Gasteiger partial charge in [0, 0.05) is 6.42 Å². The molecule has 5 nitrogen and oxygen atoms in total. The van der Waals surface area contributed by atoms with Gasteiger partial charge < -0.3 is 10.1 Å². The Morgan fingerprint density at radius 3 is 2.54 bits per heavy atom. The molecule has 0 aliphatic rings. The SMILES string of the molecule is O=C(COC(=O)CCC(=O)c1ccc(Cl)s1)Nc1ccccc1F. The third-order valence-electron chi connectivity index (χ3n) is 2.92. The summed E-state index contributed by atoms with van der Waals surface area (Å²) in [5, 5.41) is 2.29. The van der Waals surface area contributed by atoms with Crippen molar-refractivity contribution >= 4 is 46.3 Å². The maximum absolute atomic E-state index is 13.4. The zero-order valence-electron chi connectivity index (χ0n) is 12.4. The molecule has 0 aliphatic heterocycles. The standard InChI is InChI=1S/C16H13ClFNO4S/c17-14-7-6-13(24-14)12(20)5-8-16(22)23-9-15(21)19-11-4-2-1-3-10(11)18/h1-4,6-7H,5,8-9H2,(H,19,21). The minimum Gasteiger partial charge on any atom is -0.456 e. The van der Waals surface area contributed by atoms with Crippen LogP contribution in [0.1, 0.15) is 22.5 Å². The number of halogens is 2. The quantitative estimate of drug-likeness (QED) is 0.596. The Morgan fingerprint density at radius 2 is 1.88 bits per heavy atom. The lowest BCUT2D eigenvalue weighted by molar-refractivity contribution is -0.147. The molecule has 24 heavy (non-hydrogen) atoms. The van der Waals surface area contributed by atoms with Crippen LogP contribution in [0.5, 0.6) is 0 Å². The summed E-state index contributed by atoms with van der Waals surface area (Å²) in [5.41, 5.74) is 0.00306. The molecule has 0 saturated carbocycles. The highest BCUT2D eigenvalue weighted by Gasteiger charge is 2.14. The van der Waals surface area contributed by atoms with Crippen molar-refractivity contribution in [3.63, 3.8) is 0 Å². The second-order valence-corrected chi connectivity index (χ2v) is 6.43. The number of para-hydroxylation sites is 1. The summed E-state index contributed by atoms with van der Waals surface area (Å²) in [6.07, 6.45) is -0.189. The van der Waals surface area contributed by atoms with E-state index >= 15 is 0 Å². The highest BCUT2D eigenvalue weighted by atomic mass is 35.5. The zero-order chi connectivity index (χ0) is 17.5. The van der Waals surface area contributed by atoms with Crippen molar-refractivity contribution in [1.82, 2.24) is 0 Å². The highest BCUT2D eigenvalue weighted by molar-refractivity contribution is 7.18. The summed E-state index contributed by atoms with van der Waals surface area (Å²) in [7, 11) is 0. The van der Waals surface area contributed by atoms with Gasteiger partial charge in [-0.2, -0.15) is 0 Å². The maximum atomic E-state index is 13.4. The minimum absolute atomic E-state index is 0.00306. The normalized spacial score (nSPS) is 10.2. The molecular formula is C16H13ClFNO4S. The number of nitrogens with one attached hydrogen (secondary N) is 1. The van der Waals surface area contributed by atoms with Gasteiger partial charge in [0.25, 0.3) is 5.91 Å². The Kier molecular flexibility index (Phi) is 6.45. The van der Waals surface area contributed by atoms with Gasteiger partial charge in [0.05, 0.1) is 21.3 Å². The predicted octanol–water partition coefficient (Wildman–Crippen LogP) is 3.69. The van der Waals surface area contributed by atoms with Gasteiger partial charge in [0.15, 0.2) is 12.4 Å². The van der Waals surface area contributed by atoms with Crippen LogP contribution >= 0.6 is 22.9 Å². The summed E-state index contributed by atoms with van der Waals surface area (Å²) in [6.45, 7) is -0.549. The van der Waals surface area contributed by atoms with Crippen LogP contribution in [-0.2, 0) is 14.3 Å². The first-order valence-electron chi connectivity index (χ1n) is 6.94. The van der Waals surface area contributed by atoms with Crippen LogP contribution in [0.15, 0.2) is 36.4 Å². The number of ether oxygens (including phenoxy) is 1.